The molecule has 0 rings (SSSR count). The van der Waals surface area contributed by atoms with Crippen LogP contribution in [0.2, 0.25) is 0 Å². The summed E-state index contributed by atoms with van der Waals surface area (Å²) in [5.41, 5.74) is 0. The van der Waals surface area contributed by atoms with Crippen LogP contribution in [0.15, 0.2) is 12.7 Å². The molecule has 0 spiro atoms. The minimum Gasteiger partial charge on any atom is -1.00 e. The van der Waals surface area contributed by atoms with Gasteiger partial charge in [0, 0.05) is 0 Å². The van der Waals surface area contributed by atoms with Crippen molar-refractivity contribution >= 4 is 0 Å². The average Bonchev–Trinajstić information content (AvgIpc) is 2.37. The Morgan fingerprint density at radius 3 is 1.48 bits per heavy atom. The van der Waals surface area contributed by atoms with E-state index in [1.165, 1.54) is 81.8 Å². The van der Waals surface area contributed by atoms with Crippen LogP contribution >= 0.6 is 0 Å². The minimum absolute atomic E-state index is 0. The van der Waals surface area contributed by atoms with Gasteiger partial charge in [-0.2, -0.15) is 0 Å². The first-order chi connectivity index (χ1) is 9.54. The van der Waals surface area contributed by atoms with Crippen LogP contribution in [0.4, 0.5) is 0 Å². The molecule has 0 bridgehead atoms. The standard InChI is InChI=1S/C16H36N.C3H6.ClH/c1-5-7-8-9-10-11-12-13-14-16-17(3,4)15-6-2;1-3-2;/h5-16H2,1-4H3;3H,1H2,2H3;1H/q+1;;/p-1. The second-order valence-electron chi connectivity index (χ2n) is 6.62. The topological polar surface area (TPSA) is 0 Å². The number of hydrogen-bond acceptors (Lipinski definition) is 0. The van der Waals surface area contributed by atoms with E-state index >= 15 is 0 Å². The van der Waals surface area contributed by atoms with Crippen LogP contribution in [-0.4, -0.2) is 31.7 Å². The van der Waals surface area contributed by atoms with Gasteiger partial charge in [0.15, 0.2) is 0 Å². The summed E-state index contributed by atoms with van der Waals surface area (Å²) >= 11 is 0. The van der Waals surface area contributed by atoms with Gasteiger partial charge < -0.3 is 16.9 Å². The first kappa shape index (κ1) is 25.9. The third-order valence-corrected chi connectivity index (χ3v) is 3.70. The second kappa shape index (κ2) is 20.0. The number of hydrogen-bond donors (Lipinski definition) is 0. The lowest BCUT2D eigenvalue weighted by Gasteiger charge is -2.29. The third kappa shape index (κ3) is 25.3. The van der Waals surface area contributed by atoms with Crippen molar-refractivity contribution in [1.82, 2.24) is 0 Å². The fourth-order valence-electron chi connectivity index (χ4n) is 2.57. The van der Waals surface area contributed by atoms with E-state index in [1.807, 2.05) is 6.92 Å². The highest BCUT2D eigenvalue weighted by Gasteiger charge is 2.11. The highest BCUT2D eigenvalue weighted by atomic mass is 35.5. The Hall–Kier alpha value is -0.0100. The van der Waals surface area contributed by atoms with Crippen molar-refractivity contribution in [2.75, 3.05) is 27.2 Å². The molecular formula is C19H42ClN. The summed E-state index contributed by atoms with van der Waals surface area (Å²) in [7, 11) is 4.74. The van der Waals surface area contributed by atoms with Crippen molar-refractivity contribution in [1.29, 1.82) is 0 Å². The number of rotatable bonds is 12. The van der Waals surface area contributed by atoms with Gasteiger partial charge in [-0.05, 0) is 26.2 Å². The fourth-order valence-corrected chi connectivity index (χ4v) is 2.57. The van der Waals surface area contributed by atoms with Gasteiger partial charge in [-0.1, -0.05) is 64.9 Å². The molecule has 0 heterocycles. The Morgan fingerprint density at radius 2 is 1.10 bits per heavy atom. The van der Waals surface area contributed by atoms with Gasteiger partial charge in [-0.3, -0.25) is 0 Å². The van der Waals surface area contributed by atoms with E-state index in [1.54, 1.807) is 6.08 Å². The number of unbranched alkanes of at least 4 members (excludes halogenated alkanes) is 8. The number of halogens is 1. The zero-order valence-corrected chi connectivity index (χ0v) is 16.4. The van der Waals surface area contributed by atoms with Gasteiger partial charge in [-0.25, -0.2) is 0 Å². The van der Waals surface area contributed by atoms with Crippen molar-refractivity contribution in [2.24, 2.45) is 0 Å². The zero-order valence-electron chi connectivity index (χ0n) is 15.6. The monoisotopic (exact) mass is 319 g/mol. The van der Waals surface area contributed by atoms with Gasteiger partial charge >= 0.3 is 0 Å². The average molecular weight is 320 g/mol. The SMILES string of the molecule is C=CC.CCCCCCCCCCC[N+](C)(C)CCC.[Cl-]. The molecule has 2 heteroatoms. The van der Waals surface area contributed by atoms with Crippen molar-refractivity contribution in [3.63, 3.8) is 0 Å². The summed E-state index contributed by atoms with van der Waals surface area (Å²) in [6.45, 7) is 12.5. The molecule has 0 unspecified atom stereocenters. The molecule has 21 heavy (non-hydrogen) atoms. The van der Waals surface area contributed by atoms with E-state index in [0.717, 1.165) is 0 Å². The van der Waals surface area contributed by atoms with Crippen LogP contribution in [-0.2, 0) is 0 Å². The van der Waals surface area contributed by atoms with Gasteiger partial charge in [0.25, 0.3) is 0 Å². The van der Waals surface area contributed by atoms with Crippen LogP contribution in [0.3, 0.4) is 0 Å². The number of nitrogens with zero attached hydrogens (tertiary/aromatic N) is 1. The molecule has 0 aliphatic rings. The van der Waals surface area contributed by atoms with E-state index in [2.05, 4.69) is 34.5 Å². The largest absolute Gasteiger partial charge is 1.00 e. The van der Waals surface area contributed by atoms with Crippen LogP contribution < -0.4 is 12.4 Å². The Labute approximate surface area is 142 Å². The summed E-state index contributed by atoms with van der Waals surface area (Å²) < 4.78 is 1.22. The van der Waals surface area contributed by atoms with Crippen molar-refractivity contribution in [2.45, 2.75) is 85.0 Å². The Balaban J connectivity index is -0.000000740. The molecule has 1 nitrogen and oxygen atoms in total. The lowest BCUT2D eigenvalue weighted by Crippen LogP contribution is -3.00. The maximum atomic E-state index is 3.36. The molecule has 0 aromatic heterocycles. The minimum atomic E-state index is 0. The first-order valence-corrected chi connectivity index (χ1v) is 8.93. The molecule has 0 saturated heterocycles. The maximum Gasteiger partial charge on any atom is 0.0782 e. The lowest BCUT2D eigenvalue weighted by molar-refractivity contribution is -0.890. The summed E-state index contributed by atoms with van der Waals surface area (Å²) in [4.78, 5) is 0. The van der Waals surface area contributed by atoms with E-state index in [4.69, 9.17) is 0 Å². The third-order valence-electron chi connectivity index (χ3n) is 3.70. The van der Waals surface area contributed by atoms with E-state index < -0.39 is 0 Å². The fraction of sp³-hybridized carbons (Fsp3) is 0.895. The highest BCUT2D eigenvalue weighted by molar-refractivity contribution is 4.51. The highest BCUT2D eigenvalue weighted by Crippen LogP contribution is 2.11. The normalized spacial score (nSPS) is 10.3. The molecule has 130 valence electrons. The molecule has 0 amide bonds. The van der Waals surface area contributed by atoms with Crippen LogP contribution in [0.1, 0.15) is 85.0 Å². The Bertz CT molecular complexity index is 190. The molecule has 0 aliphatic heterocycles. The molecule has 0 fully saturated rings. The summed E-state index contributed by atoms with van der Waals surface area (Å²) in [5.74, 6) is 0. The smallest absolute Gasteiger partial charge is 0.0782 e. The second-order valence-corrected chi connectivity index (χ2v) is 6.62. The van der Waals surface area contributed by atoms with Crippen LogP contribution in [0, 0.1) is 0 Å². The molecule has 0 aromatic rings. The quantitative estimate of drug-likeness (QED) is 0.294. The van der Waals surface area contributed by atoms with Gasteiger partial charge in [-0.15, -0.1) is 6.58 Å². The van der Waals surface area contributed by atoms with Crippen molar-refractivity contribution in [3.05, 3.63) is 12.7 Å². The predicted octanol–water partition coefficient (Wildman–Crippen LogP) is 3.20. The van der Waals surface area contributed by atoms with Crippen molar-refractivity contribution < 1.29 is 16.9 Å². The van der Waals surface area contributed by atoms with Gasteiger partial charge in [0.1, 0.15) is 0 Å². The molecule has 0 saturated carbocycles. The number of allylic oxidation sites excluding steroid dienone is 1. The van der Waals surface area contributed by atoms with Crippen molar-refractivity contribution in [3.8, 4) is 0 Å². The maximum absolute atomic E-state index is 3.36. The Morgan fingerprint density at radius 1 is 0.714 bits per heavy atom. The molecule has 0 N–H and O–H groups in total. The summed E-state index contributed by atoms with van der Waals surface area (Å²) in [6, 6.07) is 0. The van der Waals surface area contributed by atoms with Crippen LogP contribution in [0.25, 0.3) is 0 Å². The Kier molecular flexibility index (Phi) is 24.7. The molecule has 0 atom stereocenters. The summed E-state index contributed by atoms with van der Waals surface area (Å²) in [6.07, 6.45) is 16.0. The van der Waals surface area contributed by atoms with Crippen LogP contribution in [0.5, 0.6) is 0 Å². The van der Waals surface area contributed by atoms with E-state index in [9.17, 15) is 0 Å². The number of quaternary nitrogens is 1. The summed E-state index contributed by atoms with van der Waals surface area (Å²) in [5, 5.41) is 0. The molecule has 0 aliphatic carbocycles. The molecule has 0 aromatic carbocycles. The molecular weight excluding hydrogens is 278 g/mol. The molecule has 0 radical (unpaired) electrons. The predicted molar refractivity (Wildman–Crippen MR) is 95.2 cm³/mol. The van der Waals surface area contributed by atoms with Gasteiger partial charge in [0.05, 0.1) is 27.2 Å². The lowest BCUT2D eigenvalue weighted by atomic mass is 10.1. The van der Waals surface area contributed by atoms with E-state index in [0.29, 0.717) is 0 Å². The van der Waals surface area contributed by atoms with Gasteiger partial charge in [0.2, 0.25) is 0 Å². The van der Waals surface area contributed by atoms with E-state index in [-0.39, 0.29) is 12.4 Å². The zero-order chi connectivity index (χ0) is 15.7. The first-order valence-electron chi connectivity index (χ1n) is 8.93.